The molecular formula is C18H23N3. The molecule has 0 amide bonds. The van der Waals surface area contributed by atoms with Crippen molar-refractivity contribution < 1.29 is 0 Å². The molecule has 21 heavy (non-hydrogen) atoms. The number of fused-ring (bicyclic) bond motifs is 1. The van der Waals surface area contributed by atoms with E-state index in [4.69, 9.17) is 9.97 Å². The molecule has 0 spiro atoms. The van der Waals surface area contributed by atoms with Crippen LogP contribution in [0.5, 0.6) is 0 Å². The van der Waals surface area contributed by atoms with Crippen LogP contribution in [0.25, 0.3) is 11.4 Å². The number of hydrogen-bond donors (Lipinski definition) is 1. The van der Waals surface area contributed by atoms with E-state index in [0.717, 1.165) is 30.0 Å². The zero-order chi connectivity index (χ0) is 14.8. The van der Waals surface area contributed by atoms with Gasteiger partial charge in [-0.25, -0.2) is 9.97 Å². The van der Waals surface area contributed by atoms with Crippen LogP contribution in [-0.4, -0.2) is 17.0 Å². The van der Waals surface area contributed by atoms with Gasteiger partial charge in [0.2, 0.25) is 0 Å². The van der Waals surface area contributed by atoms with Crippen molar-refractivity contribution in [1.29, 1.82) is 0 Å². The number of rotatable bonds is 2. The van der Waals surface area contributed by atoms with Gasteiger partial charge in [0.25, 0.3) is 0 Å². The fourth-order valence-electron chi connectivity index (χ4n) is 3.07. The Morgan fingerprint density at radius 2 is 1.81 bits per heavy atom. The number of aromatic nitrogens is 2. The molecule has 1 N–H and O–H groups in total. The van der Waals surface area contributed by atoms with Crippen LogP contribution in [0.1, 0.15) is 41.6 Å². The third-order valence-electron chi connectivity index (χ3n) is 4.30. The Bertz CT molecular complexity index is 662. The van der Waals surface area contributed by atoms with Crippen LogP contribution in [-0.2, 0) is 12.8 Å². The number of benzene rings is 1. The molecule has 0 bridgehead atoms. The van der Waals surface area contributed by atoms with Gasteiger partial charge in [-0.05, 0) is 51.2 Å². The lowest BCUT2D eigenvalue weighted by Crippen LogP contribution is -2.07. The molecule has 1 aromatic heterocycles. The first-order chi connectivity index (χ1) is 10.2. The first kappa shape index (κ1) is 14.1. The van der Waals surface area contributed by atoms with Crippen molar-refractivity contribution in [1.82, 2.24) is 9.97 Å². The summed E-state index contributed by atoms with van der Waals surface area (Å²) >= 11 is 0. The fourth-order valence-corrected chi connectivity index (χ4v) is 3.07. The van der Waals surface area contributed by atoms with Gasteiger partial charge in [-0.15, -0.1) is 0 Å². The van der Waals surface area contributed by atoms with E-state index in [-0.39, 0.29) is 0 Å². The van der Waals surface area contributed by atoms with E-state index < -0.39 is 0 Å². The summed E-state index contributed by atoms with van der Waals surface area (Å²) in [5, 5.41) is 3.28. The molecule has 3 rings (SSSR count). The lowest BCUT2D eigenvalue weighted by molar-refractivity contribution is 0.709. The second-order valence-electron chi connectivity index (χ2n) is 5.95. The molecule has 1 aliphatic rings. The average molecular weight is 281 g/mol. The average Bonchev–Trinajstić information content (AvgIpc) is 2.74. The predicted molar refractivity (Wildman–Crippen MR) is 87.7 cm³/mol. The number of nitrogens with one attached hydrogen (secondary N) is 1. The summed E-state index contributed by atoms with van der Waals surface area (Å²) < 4.78 is 0. The number of hydrogen-bond acceptors (Lipinski definition) is 3. The predicted octanol–water partition coefficient (Wildman–Crippen LogP) is 4.07. The fraction of sp³-hybridized carbons (Fsp3) is 0.444. The summed E-state index contributed by atoms with van der Waals surface area (Å²) in [6, 6.07) is 6.48. The Balaban J connectivity index is 2.15. The minimum atomic E-state index is 0.862. The zero-order valence-corrected chi connectivity index (χ0v) is 13.2. The van der Waals surface area contributed by atoms with Gasteiger partial charge in [0.05, 0.1) is 0 Å². The van der Waals surface area contributed by atoms with Crippen molar-refractivity contribution in [3.63, 3.8) is 0 Å². The summed E-state index contributed by atoms with van der Waals surface area (Å²) in [4.78, 5) is 9.70. The summed E-state index contributed by atoms with van der Waals surface area (Å²) in [5.74, 6) is 1.87. The minimum absolute atomic E-state index is 0.862. The molecule has 3 nitrogen and oxygen atoms in total. The highest BCUT2D eigenvalue weighted by atomic mass is 15.0. The van der Waals surface area contributed by atoms with Crippen LogP contribution in [0.15, 0.2) is 18.2 Å². The van der Waals surface area contributed by atoms with E-state index in [1.165, 1.54) is 41.6 Å². The molecule has 0 unspecified atom stereocenters. The van der Waals surface area contributed by atoms with Gasteiger partial charge < -0.3 is 5.32 Å². The van der Waals surface area contributed by atoms with E-state index in [1.807, 2.05) is 7.05 Å². The van der Waals surface area contributed by atoms with Crippen molar-refractivity contribution in [3.05, 3.63) is 40.6 Å². The molecule has 2 aromatic rings. The monoisotopic (exact) mass is 281 g/mol. The van der Waals surface area contributed by atoms with E-state index in [9.17, 15) is 0 Å². The topological polar surface area (TPSA) is 37.8 Å². The Morgan fingerprint density at radius 3 is 2.62 bits per heavy atom. The number of aryl methyl sites for hydroxylation is 3. The van der Waals surface area contributed by atoms with E-state index in [1.54, 1.807) is 0 Å². The molecule has 0 saturated carbocycles. The first-order valence-corrected chi connectivity index (χ1v) is 7.84. The normalized spacial score (nSPS) is 14.4. The van der Waals surface area contributed by atoms with Crippen molar-refractivity contribution in [2.45, 2.75) is 46.0 Å². The molecule has 0 aliphatic heterocycles. The molecule has 0 saturated heterocycles. The Kier molecular flexibility index (Phi) is 3.91. The van der Waals surface area contributed by atoms with Gasteiger partial charge in [-0.3, -0.25) is 0 Å². The van der Waals surface area contributed by atoms with Crippen LogP contribution >= 0.6 is 0 Å². The van der Waals surface area contributed by atoms with Gasteiger partial charge in [0.1, 0.15) is 5.82 Å². The molecular weight excluding hydrogens is 258 g/mol. The van der Waals surface area contributed by atoms with Gasteiger partial charge in [0.15, 0.2) is 5.82 Å². The minimum Gasteiger partial charge on any atom is -0.373 e. The van der Waals surface area contributed by atoms with Gasteiger partial charge in [-0.1, -0.05) is 24.1 Å². The van der Waals surface area contributed by atoms with E-state index >= 15 is 0 Å². The molecule has 0 atom stereocenters. The van der Waals surface area contributed by atoms with Gasteiger partial charge in [0, 0.05) is 23.9 Å². The van der Waals surface area contributed by atoms with E-state index in [2.05, 4.69) is 37.4 Å². The maximum absolute atomic E-state index is 4.90. The van der Waals surface area contributed by atoms with Crippen LogP contribution in [0.4, 0.5) is 5.82 Å². The molecule has 3 heteroatoms. The Hall–Kier alpha value is -1.90. The van der Waals surface area contributed by atoms with E-state index in [0.29, 0.717) is 0 Å². The maximum Gasteiger partial charge on any atom is 0.162 e. The largest absolute Gasteiger partial charge is 0.373 e. The highest BCUT2D eigenvalue weighted by Crippen LogP contribution is 2.29. The second-order valence-corrected chi connectivity index (χ2v) is 5.95. The smallest absolute Gasteiger partial charge is 0.162 e. The van der Waals surface area contributed by atoms with Crippen LogP contribution in [0.3, 0.4) is 0 Å². The molecule has 1 aliphatic carbocycles. The van der Waals surface area contributed by atoms with Gasteiger partial charge >= 0.3 is 0 Å². The summed E-state index contributed by atoms with van der Waals surface area (Å²) in [6.07, 6.45) is 5.94. The van der Waals surface area contributed by atoms with Crippen molar-refractivity contribution in [3.8, 4) is 11.4 Å². The molecule has 0 radical (unpaired) electrons. The van der Waals surface area contributed by atoms with Crippen LogP contribution in [0, 0.1) is 13.8 Å². The molecule has 0 fully saturated rings. The molecule has 1 aromatic carbocycles. The Morgan fingerprint density at radius 1 is 1.00 bits per heavy atom. The van der Waals surface area contributed by atoms with Crippen LogP contribution in [0.2, 0.25) is 0 Å². The molecule has 1 heterocycles. The van der Waals surface area contributed by atoms with Crippen molar-refractivity contribution in [2.75, 3.05) is 12.4 Å². The third-order valence-corrected chi connectivity index (χ3v) is 4.30. The van der Waals surface area contributed by atoms with Gasteiger partial charge in [-0.2, -0.15) is 0 Å². The summed E-state index contributed by atoms with van der Waals surface area (Å²) in [7, 11) is 1.96. The highest BCUT2D eigenvalue weighted by molar-refractivity contribution is 5.64. The number of nitrogens with zero attached hydrogens (tertiary/aromatic N) is 2. The quantitative estimate of drug-likeness (QED) is 0.843. The SMILES string of the molecule is CNc1nc(-c2cc(C)ccc2C)nc2c1CCCCC2. The summed E-state index contributed by atoms with van der Waals surface area (Å²) in [6.45, 7) is 4.24. The zero-order valence-electron chi connectivity index (χ0n) is 13.2. The standard InChI is InChI=1S/C18H23N3/c1-12-9-10-13(2)15(11-12)18-20-16-8-6-4-5-7-14(16)17(19-3)21-18/h9-11H,4-8H2,1-3H3,(H,19,20,21). The summed E-state index contributed by atoms with van der Waals surface area (Å²) in [5.41, 5.74) is 6.20. The lowest BCUT2D eigenvalue weighted by Gasteiger charge is -2.14. The lowest BCUT2D eigenvalue weighted by atomic mass is 10.0. The first-order valence-electron chi connectivity index (χ1n) is 7.84. The Labute approximate surface area is 126 Å². The van der Waals surface area contributed by atoms with Crippen molar-refractivity contribution in [2.24, 2.45) is 0 Å². The van der Waals surface area contributed by atoms with Crippen LogP contribution < -0.4 is 5.32 Å². The molecule has 110 valence electrons. The number of anilines is 1. The third kappa shape index (κ3) is 2.78. The maximum atomic E-state index is 4.90. The second kappa shape index (κ2) is 5.84. The highest BCUT2D eigenvalue weighted by Gasteiger charge is 2.17. The van der Waals surface area contributed by atoms with Crippen molar-refractivity contribution >= 4 is 5.82 Å².